The van der Waals surface area contributed by atoms with Gasteiger partial charge < -0.3 is 8.97 Å². The summed E-state index contributed by atoms with van der Waals surface area (Å²) in [4.78, 5) is 13.7. The summed E-state index contributed by atoms with van der Waals surface area (Å²) in [5.41, 5.74) is 3.29. The van der Waals surface area contributed by atoms with Gasteiger partial charge >= 0.3 is 0 Å². The van der Waals surface area contributed by atoms with Gasteiger partial charge in [0, 0.05) is 16.3 Å². The molecule has 2 aromatic heterocycles. The Labute approximate surface area is 192 Å². The number of rotatable bonds is 6. The van der Waals surface area contributed by atoms with Gasteiger partial charge in [0.05, 0.1) is 30.3 Å². The second-order valence-corrected chi connectivity index (χ2v) is 8.63. The van der Waals surface area contributed by atoms with E-state index in [1.807, 2.05) is 66.7 Å². The van der Waals surface area contributed by atoms with E-state index in [1.165, 1.54) is 4.68 Å². The predicted octanol–water partition coefficient (Wildman–Crippen LogP) is 5.09. The fourth-order valence-electron chi connectivity index (χ4n) is 3.91. The van der Waals surface area contributed by atoms with Crippen LogP contribution in [0.25, 0.3) is 33.2 Å². The first-order chi connectivity index (χ1) is 16.1. The molecule has 5 rings (SSSR count). The smallest absolute Gasteiger partial charge is 0.278 e. The topological polar surface area (TPSA) is 85.3 Å². The Morgan fingerprint density at radius 2 is 1.64 bits per heavy atom. The first-order valence-electron chi connectivity index (χ1n) is 10.4. The molecule has 6 nitrogen and oxygen atoms in total. The molecule has 164 valence electrons. The van der Waals surface area contributed by atoms with E-state index in [2.05, 4.69) is 5.10 Å². The predicted molar refractivity (Wildman–Crippen MR) is 129 cm³/mol. The van der Waals surface area contributed by atoms with Crippen molar-refractivity contribution in [1.29, 1.82) is 0 Å². The molecule has 0 aliphatic carbocycles. The van der Waals surface area contributed by atoms with E-state index in [0.717, 1.165) is 27.5 Å². The minimum atomic E-state index is -1.92. The highest BCUT2D eigenvalue weighted by Gasteiger charge is 2.20. The van der Waals surface area contributed by atoms with Gasteiger partial charge in [-0.1, -0.05) is 78.9 Å². The zero-order chi connectivity index (χ0) is 22.8. The third-order valence-electron chi connectivity index (χ3n) is 5.51. The summed E-state index contributed by atoms with van der Waals surface area (Å²) in [7, 11) is 0. The first kappa shape index (κ1) is 21.1. The zero-order valence-corrected chi connectivity index (χ0v) is 18.4. The molecule has 0 fully saturated rings. The summed E-state index contributed by atoms with van der Waals surface area (Å²) in [6.45, 7) is 0.340. The van der Waals surface area contributed by atoms with Crippen LogP contribution in [0, 0.1) is 0 Å². The number of aromatic nitrogens is 2. The molecule has 2 heterocycles. The van der Waals surface area contributed by atoms with Gasteiger partial charge in [-0.2, -0.15) is 5.10 Å². The van der Waals surface area contributed by atoms with E-state index in [9.17, 15) is 9.00 Å². The molecular formula is C26H20N2O4S. The van der Waals surface area contributed by atoms with Crippen LogP contribution in [0.15, 0.2) is 101 Å². The van der Waals surface area contributed by atoms with Crippen LogP contribution in [0.4, 0.5) is 0 Å². The van der Waals surface area contributed by atoms with Gasteiger partial charge in [-0.15, -0.1) is 0 Å². The summed E-state index contributed by atoms with van der Waals surface area (Å²) in [6.07, 6.45) is 3.33. The lowest BCUT2D eigenvalue weighted by atomic mass is 9.98. The summed E-state index contributed by atoms with van der Waals surface area (Å²) >= 11 is -1.92. The Bertz CT molecular complexity index is 1510. The molecule has 1 unspecified atom stereocenters. The van der Waals surface area contributed by atoms with Crippen LogP contribution in [-0.4, -0.2) is 18.5 Å². The van der Waals surface area contributed by atoms with E-state index in [1.54, 1.807) is 24.6 Å². The minimum absolute atomic E-state index is 0.0485. The average Bonchev–Trinajstić information content (AvgIpc) is 3.25. The number of fused-ring (bicyclic) bond motifs is 1. The van der Waals surface area contributed by atoms with Crippen LogP contribution in [0.2, 0.25) is 0 Å². The molecule has 0 saturated heterocycles. The monoisotopic (exact) mass is 456 g/mol. The van der Waals surface area contributed by atoms with E-state index >= 15 is 0 Å². The fraction of sp³-hybridized carbons (Fsp3) is 0.0769. The van der Waals surface area contributed by atoms with Gasteiger partial charge in [0.2, 0.25) is 0 Å². The average molecular weight is 457 g/mol. The van der Waals surface area contributed by atoms with E-state index in [0.29, 0.717) is 23.4 Å². The van der Waals surface area contributed by atoms with Crippen LogP contribution in [-0.2, 0) is 23.4 Å². The van der Waals surface area contributed by atoms with E-state index < -0.39 is 11.1 Å². The summed E-state index contributed by atoms with van der Waals surface area (Å²) in [6, 6.07) is 24.6. The van der Waals surface area contributed by atoms with Crippen molar-refractivity contribution >= 4 is 21.9 Å². The van der Waals surface area contributed by atoms with Gasteiger partial charge in [0.25, 0.3) is 5.56 Å². The second-order valence-electron chi connectivity index (χ2n) is 7.70. The van der Waals surface area contributed by atoms with E-state index in [4.69, 9.17) is 8.97 Å². The third kappa shape index (κ3) is 4.28. The number of furan rings is 1. The normalized spacial score (nSPS) is 12.2. The molecule has 0 amide bonds. The molecular weight excluding hydrogens is 436 g/mol. The maximum atomic E-state index is 13.7. The number of nitrogens with zero attached hydrogens (tertiary/aromatic N) is 2. The van der Waals surface area contributed by atoms with Crippen LogP contribution < -0.4 is 5.56 Å². The molecule has 0 spiro atoms. The first-order valence-corrected chi connectivity index (χ1v) is 11.6. The lowest BCUT2D eigenvalue weighted by Gasteiger charge is -2.12. The molecule has 0 bridgehead atoms. The standard InChI is InChI=1S/C26H20N2O4S/c29-26-24(25-22-9-5-4-8-21(22)16-32-25)23(20-12-10-19(11-13-20)17-33(30)31)14-27-28(26)15-18-6-2-1-3-7-18/h1-14,16H,15,17H2,(H,30,31). The van der Waals surface area contributed by atoms with Crippen molar-refractivity contribution in [3.8, 4) is 22.5 Å². The maximum absolute atomic E-state index is 13.7. The van der Waals surface area contributed by atoms with Gasteiger partial charge in [0.15, 0.2) is 11.1 Å². The van der Waals surface area contributed by atoms with Crippen molar-refractivity contribution in [1.82, 2.24) is 9.78 Å². The van der Waals surface area contributed by atoms with Crippen molar-refractivity contribution in [3.63, 3.8) is 0 Å². The van der Waals surface area contributed by atoms with Gasteiger partial charge in [0.1, 0.15) is 5.76 Å². The third-order valence-corrected chi connectivity index (χ3v) is 6.09. The van der Waals surface area contributed by atoms with Gasteiger partial charge in [-0.05, 0) is 16.7 Å². The van der Waals surface area contributed by atoms with Gasteiger partial charge in [-0.3, -0.25) is 4.79 Å². The molecule has 3 aromatic carbocycles. The number of hydrogen-bond donors (Lipinski definition) is 1. The summed E-state index contributed by atoms with van der Waals surface area (Å²) in [5.74, 6) is 0.544. The largest absolute Gasteiger partial charge is 0.463 e. The SMILES string of the molecule is O=c1c(-c2occ3ccccc23)c(-c2ccc(CS(=O)O)cc2)cnn1Cc1ccccc1. The molecule has 7 heteroatoms. The molecule has 33 heavy (non-hydrogen) atoms. The molecule has 0 saturated carbocycles. The van der Waals surface area contributed by atoms with Crippen LogP contribution in [0.3, 0.4) is 0 Å². The number of hydrogen-bond acceptors (Lipinski definition) is 4. The molecule has 1 N–H and O–H groups in total. The zero-order valence-electron chi connectivity index (χ0n) is 17.5. The van der Waals surface area contributed by atoms with Crippen LogP contribution in [0.5, 0.6) is 0 Å². The molecule has 5 aromatic rings. The second kappa shape index (κ2) is 8.97. The minimum Gasteiger partial charge on any atom is -0.463 e. The Balaban J connectivity index is 1.68. The highest BCUT2D eigenvalue weighted by Crippen LogP contribution is 2.35. The highest BCUT2D eigenvalue weighted by molar-refractivity contribution is 7.78. The van der Waals surface area contributed by atoms with Crippen molar-refractivity contribution < 1.29 is 13.2 Å². The lowest BCUT2D eigenvalue weighted by molar-refractivity contribution is 0.563. The molecule has 0 aliphatic heterocycles. The van der Waals surface area contributed by atoms with Crippen LogP contribution in [0.1, 0.15) is 11.1 Å². The Morgan fingerprint density at radius 1 is 0.909 bits per heavy atom. The fourth-order valence-corrected chi connectivity index (χ4v) is 4.38. The molecule has 0 radical (unpaired) electrons. The summed E-state index contributed by atoms with van der Waals surface area (Å²) < 4.78 is 27.6. The Morgan fingerprint density at radius 3 is 2.39 bits per heavy atom. The van der Waals surface area contributed by atoms with Crippen molar-refractivity contribution in [2.75, 3.05) is 0 Å². The van der Waals surface area contributed by atoms with Gasteiger partial charge in [-0.25, -0.2) is 8.89 Å². The Kier molecular flexibility index (Phi) is 5.73. The Hall–Kier alpha value is -3.81. The van der Waals surface area contributed by atoms with Crippen molar-refractivity contribution in [2.45, 2.75) is 12.3 Å². The van der Waals surface area contributed by atoms with E-state index in [-0.39, 0.29) is 11.3 Å². The quantitative estimate of drug-likeness (QED) is 0.360. The van der Waals surface area contributed by atoms with Crippen LogP contribution >= 0.6 is 0 Å². The van der Waals surface area contributed by atoms with Crippen molar-refractivity contribution in [2.24, 2.45) is 0 Å². The van der Waals surface area contributed by atoms with Crippen molar-refractivity contribution in [3.05, 3.63) is 113 Å². The number of benzene rings is 3. The molecule has 1 atom stereocenters. The highest BCUT2D eigenvalue weighted by atomic mass is 32.2. The lowest BCUT2D eigenvalue weighted by Crippen LogP contribution is -2.25. The summed E-state index contributed by atoms with van der Waals surface area (Å²) in [5, 5.41) is 6.20. The maximum Gasteiger partial charge on any atom is 0.278 e. The molecule has 0 aliphatic rings.